The molecule has 5 nitrogen and oxygen atoms in total. The van der Waals surface area contributed by atoms with Crippen LogP contribution in [0.4, 0.5) is 11.8 Å². The van der Waals surface area contributed by atoms with Crippen LogP contribution in [-0.4, -0.2) is 16.0 Å². The topological polar surface area (TPSA) is 87.6 Å². The van der Waals surface area contributed by atoms with Crippen molar-refractivity contribution < 1.29 is 0 Å². The molecule has 3 N–H and O–H groups in total. The molecular formula is C11H15N5. The Morgan fingerprint density at radius 3 is 2.75 bits per heavy atom. The first-order chi connectivity index (χ1) is 7.79. The molecule has 0 amide bonds. The highest BCUT2D eigenvalue weighted by Crippen LogP contribution is 2.20. The number of nitriles is 1. The third kappa shape index (κ3) is 2.40. The second kappa shape index (κ2) is 4.79. The third-order valence-electron chi connectivity index (χ3n) is 2.88. The Morgan fingerprint density at radius 2 is 2.12 bits per heavy atom. The van der Waals surface area contributed by atoms with Gasteiger partial charge in [0.15, 0.2) is 0 Å². The van der Waals surface area contributed by atoms with E-state index < -0.39 is 0 Å². The van der Waals surface area contributed by atoms with Gasteiger partial charge in [-0.15, -0.1) is 0 Å². The summed E-state index contributed by atoms with van der Waals surface area (Å²) < 4.78 is 0. The third-order valence-corrected chi connectivity index (χ3v) is 2.88. The minimum atomic E-state index is 0.246. The molecule has 1 fully saturated rings. The molecule has 5 heteroatoms. The zero-order valence-corrected chi connectivity index (χ0v) is 9.11. The second-order valence-corrected chi connectivity index (χ2v) is 4.08. The molecule has 0 aromatic carbocycles. The Hall–Kier alpha value is -1.83. The number of nitrogens with one attached hydrogen (secondary N) is 1. The Balaban J connectivity index is 2.04. The SMILES string of the molecule is N#Cc1cnc(NC2CCCCC2)nc1N. The van der Waals surface area contributed by atoms with Crippen molar-refractivity contribution in [2.24, 2.45) is 0 Å². The van der Waals surface area contributed by atoms with E-state index in [4.69, 9.17) is 11.0 Å². The summed E-state index contributed by atoms with van der Waals surface area (Å²) in [6.07, 6.45) is 7.60. The van der Waals surface area contributed by atoms with Crippen LogP contribution in [0.3, 0.4) is 0 Å². The smallest absolute Gasteiger partial charge is 0.224 e. The molecule has 2 rings (SSSR count). The molecule has 0 bridgehead atoms. The summed E-state index contributed by atoms with van der Waals surface area (Å²) in [7, 11) is 0. The fourth-order valence-corrected chi connectivity index (χ4v) is 1.98. The maximum Gasteiger partial charge on any atom is 0.224 e. The number of nitrogens with two attached hydrogens (primary N) is 1. The van der Waals surface area contributed by atoms with Crippen LogP contribution in [0.25, 0.3) is 0 Å². The van der Waals surface area contributed by atoms with Gasteiger partial charge in [-0.2, -0.15) is 10.2 Å². The monoisotopic (exact) mass is 217 g/mol. The van der Waals surface area contributed by atoms with Crippen LogP contribution in [-0.2, 0) is 0 Å². The summed E-state index contributed by atoms with van der Waals surface area (Å²) in [5.74, 6) is 0.777. The zero-order chi connectivity index (χ0) is 11.4. The molecule has 16 heavy (non-hydrogen) atoms. The standard InChI is InChI=1S/C11H15N5/c12-6-8-7-14-11(16-10(8)13)15-9-4-2-1-3-5-9/h7,9H,1-5H2,(H3,13,14,15,16). The Morgan fingerprint density at radius 1 is 1.38 bits per heavy atom. The number of nitrogens with zero attached hydrogens (tertiary/aromatic N) is 3. The van der Waals surface area contributed by atoms with Gasteiger partial charge < -0.3 is 11.1 Å². The van der Waals surface area contributed by atoms with E-state index in [2.05, 4.69) is 15.3 Å². The molecular weight excluding hydrogens is 202 g/mol. The van der Waals surface area contributed by atoms with Crippen molar-refractivity contribution in [2.45, 2.75) is 38.1 Å². The first-order valence-corrected chi connectivity index (χ1v) is 5.59. The normalized spacial score (nSPS) is 16.7. The highest BCUT2D eigenvalue weighted by atomic mass is 15.1. The Labute approximate surface area is 94.7 Å². The van der Waals surface area contributed by atoms with Gasteiger partial charge in [0, 0.05) is 6.04 Å². The van der Waals surface area contributed by atoms with Crippen LogP contribution in [0.1, 0.15) is 37.7 Å². The highest BCUT2D eigenvalue weighted by molar-refractivity contribution is 5.49. The molecule has 84 valence electrons. The summed E-state index contributed by atoms with van der Waals surface area (Å²) in [5, 5.41) is 12.0. The summed E-state index contributed by atoms with van der Waals surface area (Å²) in [6.45, 7) is 0. The summed E-state index contributed by atoms with van der Waals surface area (Å²) in [5.41, 5.74) is 5.95. The average molecular weight is 217 g/mol. The van der Waals surface area contributed by atoms with Crippen molar-refractivity contribution in [3.63, 3.8) is 0 Å². The maximum absolute atomic E-state index is 8.70. The number of rotatable bonds is 2. The minimum Gasteiger partial charge on any atom is -0.382 e. The predicted octanol–water partition coefficient (Wildman–Crippen LogP) is 1.68. The van der Waals surface area contributed by atoms with E-state index in [1.165, 1.54) is 25.5 Å². The molecule has 1 saturated carbocycles. The van der Waals surface area contributed by atoms with Gasteiger partial charge >= 0.3 is 0 Å². The average Bonchev–Trinajstić information content (AvgIpc) is 2.31. The molecule has 0 radical (unpaired) electrons. The second-order valence-electron chi connectivity index (χ2n) is 4.08. The van der Waals surface area contributed by atoms with Gasteiger partial charge in [-0.25, -0.2) is 4.98 Å². The number of anilines is 2. The fourth-order valence-electron chi connectivity index (χ4n) is 1.98. The lowest BCUT2D eigenvalue weighted by Gasteiger charge is -2.22. The van der Waals surface area contributed by atoms with Crippen molar-refractivity contribution in [3.05, 3.63) is 11.8 Å². The van der Waals surface area contributed by atoms with Crippen molar-refractivity contribution in [3.8, 4) is 6.07 Å². The van der Waals surface area contributed by atoms with E-state index in [0.717, 1.165) is 12.8 Å². The molecule has 0 spiro atoms. The lowest BCUT2D eigenvalue weighted by Crippen LogP contribution is -2.23. The van der Waals surface area contributed by atoms with Crippen molar-refractivity contribution in [2.75, 3.05) is 11.1 Å². The first kappa shape index (κ1) is 10.7. The number of aromatic nitrogens is 2. The first-order valence-electron chi connectivity index (χ1n) is 5.59. The quantitative estimate of drug-likeness (QED) is 0.786. The van der Waals surface area contributed by atoms with Crippen LogP contribution < -0.4 is 11.1 Å². The highest BCUT2D eigenvalue weighted by Gasteiger charge is 2.14. The van der Waals surface area contributed by atoms with Crippen molar-refractivity contribution in [1.82, 2.24) is 9.97 Å². The van der Waals surface area contributed by atoms with E-state index >= 15 is 0 Å². The molecule has 1 aliphatic rings. The number of nitrogen functional groups attached to an aromatic ring is 1. The van der Waals surface area contributed by atoms with E-state index in [0.29, 0.717) is 17.6 Å². The summed E-state index contributed by atoms with van der Waals surface area (Å²) in [4.78, 5) is 8.15. The van der Waals surface area contributed by atoms with Gasteiger partial charge in [0.25, 0.3) is 0 Å². The predicted molar refractivity (Wildman–Crippen MR) is 61.7 cm³/mol. The molecule has 1 aromatic heterocycles. The van der Waals surface area contributed by atoms with Gasteiger partial charge in [-0.1, -0.05) is 19.3 Å². The van der Waals surface area contributed by atoms with E-state index in [9.17, 15) is 0 Å². The van der Waals surface area contributed by atoms with Crippen LogP contribution in [0.5, 0.6) is 0 Å². The van der Waals surface area contributed by atoms with Gasteiger partial charge in [0.2, 0.25) is 5.95 Å². The Bertz CT molecular complexity index is 403. The molecule has 1 aromatic rings. The lowest BCUT2D eigenvalue weighted by molar-refractivity contribution is 0.461. The Kier molecular flexibility index (Phi) is 3.20. The summed E-state index contributed by atoms with van der Waals surface area (Å²) >= 11 is 0. The molecule has 1 aliphatic carbocycles. The molecule has 0 atom stereocenters. The number of hydrogen-bond acceptors (Lipinski definition) is 5. The molecule has 0 saturated heterocycles. The van der Waals surface area contributed by atoms with Crippen LogP contribution in [0.2, 0.25) is 0 Å². The van der Waals surface area contributed by atoms with Gasteiger partial charge in [0.1, 0.15) is 17.5 Å². The van der Waals surface area contributed by atoms with Crippen LogP contribution in [0, 0.1) is 11.3 Å². The molecule has 0 aliphatic heterocycles. The maximum atomic E-state index is 8.70. The lowest BCUT2D eigenvalue weighted by atomic mass is 9.96. The van der Waals surface area contributed by atoms with Gasteiger partial charge in [-0.3, -0.25) is 0 Å². The van der Waals surface area contributed by atoms with E-state index in [1.807, 2.05) is 6.07 Å². The minimum absolute atomic E-state index is 0.246. The van der Waals surface area contributed by atoms with Crippen LogP contribution in [0.15, 0.2) is 6.20 Å². The van der Waals surface area contributed by atoms with E-state index in [-0.39, 0.29) is 5.82 Å². The van der Waals surface area contributed by atoms with Crippen molar-refractivity contribution in [1.29, 1.82) is 5.26 Å². The largest absolute Gasteiger partial charge is 0.382 e. The van der Waals surface area contributed by atoms with Crippen LogP contribution >= 0.6 is 0 Å². The fraction of sp³-hybridized carbons (Fsp3) is 0.545. The van der Waals surface area contributed by atoms with Gasteiger partial charge in [-0.05, 0) is 12.8 Å². The molecule has 1 heterocycles. The molecule has 0 unspecified atom stereocenters. The zero-order valence-electron chi connectivity index (χ0n) is 9.11. The number of hydrogen-bond donors (Lipinski definition) is 2. The van der Waals surface area contributed by atoms with Crippen molar-refractivity contribution >= 4 is 11.8 Å². The summed E-state index contributed by atoms with van der Waals surface area (Å²) in [6, 6.07) is 2.39. The van der Waals surface area contributed by atoms with Gasteiger partial charge in [0.05, 0.1) is 6.20 Å². The van der Waals surface area contributed by atoms with E-state index in [1.54, 1.807) is 0 Å².